The SMILES string of the molecule is O=C1C[C@@H](Cc2ccc(N3CCOCC3)cc2)CN1c1ccccc1. The highest BCUT2D eigenvalue weighted by Crippen LogP contribution is 2.27. The molecule has 2 aliphatic heterocycles. The van der Waals surface area contributed by atoms with E-state index in [1.165, 1.54) is 11.3 Å². The van der Waals surface area contributed by atoms with Crippen molar-refractivity contribution >= 4 is 17.3 Å². The van der Waals surface area contributed by atoms with Crippen LogP contribution in [-0.2, 0) is 16.0 Å². The minimum atomic E-state index is 0.237. The van der Waals surface area contributed by atoms with Crippen LogP contribution in [0.5, 0.6) is 0 Å². The molecule has 0 N–H and O–H groups in total. The molecule has 0 radical (unpaired) electrons. The minimum Gasteiger partial charge on any atom is -0.378 e. The first kappa shape index (κ1) is 16.2. The number of hydrogen-bond acceptors (Lipinski definition) is 3. The molecule has 1 atom stereocenters. The molecule has 2 heterocycles. The van der Waals surface area contributed by atoms with Gasteiger partial charge in [-0.05, 0) is 42.2 Å². The number of ether oxygens (including phenoxy) is 1. The summed E-state index contributed by atoms with van der Waals surface area (Å²) in [5.41, 5.74) is 3.59. The number of para-hydroxylation sites is 1. The Hall–Kier alpha value is -2.33. The fraction of sp³-hybridized carbons (Fsp3) is 0.381. The molecular formula is C21H24N2O2. The van der Waals surface area contributed by atoms with E-state index in [1.807, 2.05) is 35.2 Å². The van der Waals surface area contributed by atoms with E-state index in [0.29, 0.717) is 12.3 Å². The molecule has 4 nitrogen and oxygen atoms in total. The maximum Gasteiger partial charge on any atom is 0.227 e. The molecule has 130 valence electrons. The van der Waals surface area contributed by atoms with Crippen LogP contribution in [0.2, 0.25) is 0 Å². The number of anilines is 2. The summed E-state index contributed by atoms with van der Waals surface area (Å²) in [6.45, 7) is 4.35. The third kappa shape index (κ3) is 3.69. The maximum atomic E-state index is 12.3. The fourth-order valence-electron chi connectivity index (χ4n) is 3.77. The lowest BCUT2D eigenvalue weighted by atomic mass is 9.98. The smallest absolute Gasteiger partial charge is 0.227 e. The number of nitrogens with zero attached hydrogens (tertiary/aromatic N) is 2. The molecule has 0 aliphatic carbocycles. The van der Waals surface area contributed by atoms with Gasteiger partial charge in [-0.25, -0.2) is 0 Å². The number of hydrogen-bond donors (Lipinski definition) is 0. The zero-order chi connectivity index (χ0) is 17.1. The van der Waals surface area contributed by atoms with Crippen molar-refractivity contribution in [2.45, 2.75) is 12.8 Å². The van der Waals surface area contributed by atoms with Crippen molar-refractivity contribution in [3.8, 4) is 0 Å². The van der Waals surface area contributed by atoms with E-state index in [-0.39, 0.29) is 5.91 Å². The fourth-order valence-corrected chi connectivity index (χ4v) is 3.77. The van der Waals surface area contributed by atoms with Gasteiger partial charge in [0.05, 0.1) is 13.2 Å². The number of carbonyl (C=O) groups is 1. The van der Waals surface area contributed by atoms with E-state index in [0.717, 1.165) is 45.0 Å². The molecule has 0 bridgehead atoms. The lowest BCUT2D eigenvalue weighted by Gasteiger charge is -2.29. The number of morpholine rings is 1. The monoisotopic (exact) mass is 336 g/mol. The largest absolute Gasteiger partial charge is 0.378 e. The van der Waals surface area contributed by atoms with Crippen LogP contribution < -0.4 is 9.80 Å². The molecule has 2 aromatic carbocycles. The second-order valence-corrected chi connectivity index (χ2v) is 6.88. The normalized spacial score (nSPS) is 21.0. The third-order valence-electron chi connectivity index (χ3n) is 5.11. The summed E-state index contributed by atoms with van der Waals surface area (Å²) in [5, 5.41) is 0. The first-order valence-electron chi connectivity index (χ1n) is 9.06. The van der Waals surface area contributed by atoms with E-state index < -0.39 is 0 Å². The Morgan fingerprint density at radius 3 is 2.36 bits per heavy atom. The van der Waals surface area contributed by atoms with Crippen LogP contribution in [0.3, 0.4) is 0 Å². The molecule has 0 saturated carbocycles. The summed E-state index contributed by atoms with van der Waals surface area (Å²) in [5.74, 6) is 0.628. The van der Waals surface area contributed by atoms with Crippen LogP contribution in [0.15, 0.2) is 54.6 Å². The van der Waals surface area contributed by atoms with Gasteiger partial charge in [0.2, 0.25) is 5.91 Å². The number of rotatable bonds is 4. The highest BCUT2D eigenvalue weighted by atomic mass is 16.5. The average molecular weight is 336 g/mol. The van der Waals surface area contributed by atoms with Crippen LogP contribution in [0.4, 0.5) is 11.4 Å². The van der Waals surface area contributed by atoms with Crippen molar-refractivity contribution in [1.29, 1.82) is 0 Å². The lowest BCUT2D eigenvalue weighted by Crippen LogP contribution is -2.36. The van der Waals surface area contributed by atoms with Gasteiger partial charge in [0.1, 0.15) is 0 Å². The average Bonchev–Trinajstić information content (AvgIpc) is 3.04. The second-order valence-electron chi connectivity index (χ2n) is 6.88. The standard InChI is InChI=1S/C21H24N2O2/c24-21-15-18(16-23(21)20-4-2-1-3-5-20)14-17-6-8-19(9-7-17)22-10-12-25-13-11-22/h1-9,18H,10-16H2/t18-/m1/s1. The number of benzene rings is 2. The van der Waals surface area contributed by atoms with Crippen LogP contribution in [-0.4, -0.2) is 38.8 Å². The molecular weight excluding hydrogens is 312 g/mol. The van der Waals surface area contributed by atoms with E-state index in [2.05, 4.69) is 29.2 Å². The molecule has 0 spiro atoms. The van der Waals surface area contributed by atoms with E-state index in [1.54, 1.807) is 0 Å². The van der Waals surface area contributed by atoms with Crippen molar-refractivity contribution in [3.05, 3.63) is 60.2 Å². The summed E-state index contributed by atoms with van der Waals surface area (Å²) >= 11 is 0. The molecule has 2 saturated heterocycles. The summed E-state index contributed by atoms with van der Waals surface area (Å²) < 4.78 is 5.41. The molecule has 4 rings (SSSR count). The van der Waals surface area contributed by atoms with Gasteiger partial charge in [0.25, 0.3) is 0 Å². The predicted molar refractivity (Wildman–Crippen MR) is 100 cm³/mol. The Bertz CT molecular complexity index is 708. The van der Waals surface area contributed by atoms with Gasteiger partial charge in [-0.3, -0.25) is 4.79 Å². The molecule has 2 fully saturated rings. The molecule has 0 unspecified atom stereocenters. The van der Waals surface area contributed by atoms with Gasteiger partial charge in [0, 0.05) is 37.4 Å². The van der Waals surface area contributed by atoms with Crippen LogP contribution in [0.25, 0.3) is 0 Å². The number of carbonyl (C=O) groups excluding carboxylic acids is 1. The summed E-state index contributed by atoms with van der Waals surface area (Å²) in [4.78, 5) is 16.6. The second kappa shape index (κ2) is 7.28. The zero-order valence-electron chi connectivity index (χ0n) is 14.4. The van der Waals surface area contributed by atoms with Gasteiger partial charge in [-0.15, -0.1) is 0 Å². The van der Waals surface area contributed by atoms with Crippen LogP contribution >= 0.6 is 0 Å². The Labute approximate surface area is 149 Å². The molecule has 25 heavy (non-hydrogen) atoms. The molecule has 2 aromatic rings. The van der Waals surface area contributed by atoms with Crippen LogP contribution in [0, 0.1) is 5.92 Å². The van der Waals surface area contributed by atoms with Crippen molar-refractivity contribution in [2.75, 3.05) is 42.6 Å². The topological polar surface area (TPSA) is 32.8 Å². The summed E-state index contributed by atoms with van der Waals surface area (Å²) in [6.07, 6.45) is 1.60. The van der Waals surface area contributed by atoms with Crippen molar-refractivity contribution < 1.29 is 9.53 Å². The van der Waals surface area contributed by atoms with Crippen LogP contribution in [0.1, 0.15) is 12.0 Å². The van der Waals surface area contributed by atoms with Gasteiger partial charge < -0.3 is 14.5 Å². The Balaban J connectivity index is 1.38. The maximum absolute atomic E-state index is 12.3. The summed E-state index contributed by atoms with van der Waals surface area (Å²) in [7, 11) is 0. The molecule has 0 aromatic heterocycles. The van der Waals surface area contributed by atoms with Gasteiger partial charge in [-0.1, -0.05) is 30.3 Å². The molecule has 1 amide bonds. The summed E-state index contributed by atoms with van der Waals surface area (Å²) in [6, 6.07) is 18.8. The first-order chi connectivity index (χ1) is 12.3. The predicted octanol–water partition coefficient (Wildman–Crippen LogP) is 3.12. The van der Waals surface area contributed by atoms with Crippen molar-refractivity contribution in [3.63, 3.8) is 0 Å². The Morgan fingerprint density at radius 2 is 1.64 bits per heavy atom. The molecule has 2 aliphatic rings. The minimum absolute atomic E-state index is 0.237. The van der Waals surface area contributed by atoms with Gasteiger partial charge in [-0.2, -0.15) is 0 Å². The Kier molecular flexibility index (Phi) is 4.70. The van der Waals surface area contributed by atoms with Crippen molar-refractivity contribution in [1.82, 2.24) is 0 Å². The zero-order valence-corrected chi connectivity index (χ0v) is 14.4. The Morgan fingerprint density at radius 1 is 0.920 bits per heavy atom. The first-order valence-corrected chi connectivity index (χ1v) is 9.06. The van der Waals surface area contributed by atoms with Crippen molar-refractivity contribution in [2.24, 2.45) is 5.92 Å². The van der Waals surface area contributed by atoms with Gasteiger partial charge >= 0.3 is 0 Å². The highest BCUT2D eigenvalue weighted by molar-refractivity contribution is 5.95. The van der Waals surface area contributed by atoms with E-state index in [4.69, 9.17) is 4.74 Å². The third-order valence-corrected chi connectivity index (χ3v) is 5.11. The molecule has 4 heteroatoms. The van der Waals surface area contributed by atoms with E-state index >= 15 is 0 Å². The lowest BCUT2D eigenvalue weighted by molar-refractivity contribution is -0.117. The van der Waals surface area contributed by atoms with E-state index in [9.17, 15) is 4.79 Å². The highest BCUT2D eigenvalue weighted by Gasteiger charge is 2.30. The number of amides is 1. The van der Waals surface area contributed by atoms with Gasteiger partial charge in [0.15, 0.2) is 0 Å². The quantitative estimate of drug-likeness (QED) is 0.860.